The molecule has 0 saturated carbocycles. The van der Waals surface area contributed by atoms with Gasteiger partial charge in [-0.15, -0.1) is 0 Å². The molecule has 0 aliphatic heterocycles. The summed E-state index contributed by atoms with van der Waals surface area (Å²) in [6.45, 7) is 4.13. The Hall–Kier alpha value is -1.94. The topological polar surface area (TPSA) is 60.2 Å². The lowest BCUT2D eigenvalue weighted by molar-refractivity contribution is 0.217. The average Bonchev–Trinajstić information content (AvgIpc) is 2.37. The van der Waals surface area contributed by atoms with E-state index in [0.29, 0.717) is 16.7 Å². The highest BCUT2D eigenvalue weighted by molar-refractivity contribution is 6.29. The number of aromatic nitrogens is 1. The molecule has 1 heterocycles. The quantitative estimate of drug-likeness (QED) is 0.809. The van der Waals surface area contributed by atoms with E-state index in [1.807, 2.05) is 31.2 Å². The van der Waals surface area contributed by atoms with Crippen LogP contribution in [0.4, 0.5) is 17.2 Å². The fraction of sp³-hybridized carbons (Fsp3) is 0.267. The maximum atomic E-state index is 5.88. The van der Waals surface area contributed by atoms with Gasteiger partial charge in [-0.05, 0) is 31.5 Å². The van der Waals surface area contributed by atoms with Crippen LogP contribution < -0.4 is 15.8 Å². The number of benzene rings is 1. The zero-order chi connectivity index (χ0) is 14.5. The molecule has 0 bridgehead atoms. The largest absolute Gasteiger partial charge is 0.491 e. The van der Waals surface area contributed by atoms with Crippen molar-refractivity contribution >= 4 is 28.8 Å². The lowest BCUT2D eigenvalue weighted by Gasteiger charge is -2.14. The Bertz CT molecular complexity index is 569. The lowest BCUT2D eigenvalue weighted by Crippen LogP contribution is -2.09. The van der Waals surface area contributed by atoms with Crippen molar-refractivity contribution in [2.45, 2.75) is 26.4 Å². The zero-order valence-electron chi connectivity index (χ0n) is 11.6. The summed E-state index contributed by atoms with van der Waals surface area (Å²) in [5, 5.41) is 3.52. The molecule has 3 N–H and O–H groups in total. The molecular formula is C15H18ClN3O. The molecule has 0 amide bonds. The predicted molar refractivity (Wildman–Crippen MR) is 83.8 cm³/mol. The van der Waals surface area contributed by atoms with E-state index < -0.39 is 0 Å². The molecule has 0 saturated heterocycles. The van der Waals surface area contributed by atoms with Crippen LogP contribution in [0.1, 0.15) is 20.3 Å². The first-order valence-corrected chi connectivity index (χ1v) is 6.91. The maximum Gasteiger partial charge on any atom is 0.134 e. The molecule has 2 aromatic rings. The molecular weight excluding hydrogens is 274 g/mol. The van der Waals surface area contributed by atoms with Gasteiger partial charge < -0.3 is 15.8 Å². The minimum atomic E-state index is 0.185. The fourth-order valence-electron chi connectivity index (χ4n) is 1.69. The van der Waals surface area contributed by atoms with Crippen molar-refractivity contribution in [3.63, 3.8) is 0 Å². The van der Waals surface area contributed by atoms with E-state index in [2.05, 4.69) is 17.2 Å². The highest BCUT2D eigenvalue weighted by Gasteiger charge is 2.04. The van der Waals surface area contributed by atoms with Crippen LogP contribution in [0.25, 0.3) is 0 Å². The Balaban J connectivity index is 2.15. The van der Waals surface area contributed by atoms with Crippen LogP contribution in [0.15, 0.2) is 36.4 Å². The Morgan fingerprint density at radius 3 is 2.85 bits per heavy atom. The number of rotatable bonds is 5. The number of anilines is 3. The summed E-state index contributed by atoms with van der Waals surface area (Å²) in [5.41, 5.74) is 7.18. The van der Waals surface area contributed by atoms with Crippen LogP contribution in [0.3, 0.4) is 0 Å². The Labute approximate surface area is 123 Å². The monoisotopic (exact) mass is 291 g/mol. The van der Waals surface area contributed by atoms with Gasteiger partial charge >= 0.3 is 0 Å². The molecule has 4 nitrogen and oxygen atoms in total. The second kappa shape index (κ2) is 6.48. The van der Waals surface area contributed by atoms with Crippen LogP contribution in [0, 0.1) is 0 Å². The van der Waals surface area contributed by atoms with Gasteiger partial charge in [0.1, 0.15) is 16.7 Å². The lowest BCUT2D eigenvalue weighted by atomic mass is 10.2. The molecule has 20 heavy (non-hydrogen) atoms. The van der Waals surface area contributed by atoms with Crippen molar-refractivity contribution in [3.05, 3.63) is 41.6 Å². The first-order valence-electron chi connectivity index (χ1n) is 6.53. The summed E-state index contributed by atoms with van der Waals surface area (Å²) in [5.74, 6) is 1.43. The third kappa shape index (κ3) is 4.03. The maximum absolute atomic E-state index is 5.88. The normalized spacial score (nSPS) is 11.9. The number of nitrogens with one attached hydrogen (secondary N) is 1. The van der Waals surface area contributed by atoms with E-state index in [1.165, 1.54) is 0 Å². The van der Waals surface area contributed by atoms with E-state index in [1.54, 1.807) is 12.1 Å². The Morgan fingerprint density at radius 1 is 1.35 bits per heavy atom. The number of nitrogen functional groups attached to an aromatic ring is 1. The van der Waals surface area contributed by atoms with Crippen LogP contribution in [0.5, 0.6) is 5.75 Å². The third-order valence-corrected chi connectivity index (χ3v) is 3.03. The number of hydrogen-bond donors (Lipinski definition) is 2. The van der Waals surface area contributed by atoms with Gasteiger partial charge in [0.15, 0.2) is 0 Å². The van der Waals surface area contributed by atoms with Gasteiger partial charge in [0.25, 0.3) is 0 Å². The van der Waals surface area contributed by atoms with Gasteiger partial charge in [-0.1, -0.05) is 24.6 Å². The summed E-state index contributed by atoms with van der Waals surface area (Å²) < 4.78 is 5.78. The molecule has 1 aromatic carbocycles. The first kappa shape index (κ1) is 14.5. The van der Waals surface area contributed by atoms with E-state index >= 15 is 0 Å². The molecule has 0 aliphatic rings. The number of nitrogens with two attached hydrogens (primary N) is 1. The second-order valence-electron chi connectivity index (χ2n) is 4.60. The van der Waals surface area contributed by atoms with Crippen LogP contribution in [-0.2, 0) is 0 Å². The molecule has 106 valence electrons. The van der Waals surface area contributed by atoms with Crippen molar-refractivity contribution in [2.24, 2.45) is 0 Å². The third-order valence-electron chi connectivity index (χ3n) is 2.84. The van der Waals surface area contributed by atoms with Gasteiger partial charge in [-0.3, -0.25) is 0 Å². The summed E-state index contributed by atoms with van der Waals surface area (Å²) >= 11 is 5.88. The summed E-state index contributed by atoms with van der Waals surface area (Å²) in [7, 11) is 0. The fourth-order valence-corrected chi connectivity index (χ4v) is 1.91. The predicted octanol–water partition coefficient (Wildman–Crippen LogP) is 4.24. The standard InChI is InChI=1S/C15H18ClN3O/c1-3-10(2)20-13-6-4-5-12(9-13)18-15-8-11(17)7-14(16)19-15/h4-10H,3H2,1-2H3,(H3,17,18,19). The molecule has 1 aromatic heterocycles. The molecule has 2 rings (SSSR count). The highest BCUT2D eigenvalue weighted by Crippen LogP contribution is 2.24. The smallest absolute Gasteiger partial charge is 0.134 e. The van der Waals surface area contributed by atoms with Gasteiger partial charge in [0.2, 0.25) is 0 Å². The minimum Gasteiger partial charge on any atom is -0.491 e. The van der Waals surface area contributed by atoms with Crippen LogP contribution in [-0.4, -0.2) is 11.1 Å². The molecule has 0 fully saturated rings. The van der Waals surface area contributed by atoms with E-state index in [4.69, 9.17) is 22.1 Å². The summed E-state index contributed by atoms with van der Waals surface area (Å²) in [6, 6.07) is 11.0. The van der Waals surface area contributed by atoms with E-state index in [0.717, 1.165) is 17.9 Å². The first-order chi connectivity index (χ1) is 9.56. The summed E-state index contributed by atoms with van der Waals surface area (Å²) in [6.07, 6.45) is 1.15. The molecule has 0 aliphatic carbocycles. The van der Waals surface area contributed by atoms with Gasteiger partial charge in [0, 0.05) is 23.5 Å². The van der Waals surface area contributed by atoms with Crippen LogP contribution >= 0.6 is 11.6 Å². The minimum absolute atomic E-state index is 0.185. The van der Waals surface area contributed by atoms with Gasteiger partial charge in [0.05, 0.1) is 6.10 Å². The van der Waals surface area contributed by atoms with Gasteiger partial charge in [-0.2, -0.15) is 0 Å². The molecule has 5 heteroatoms. The van der Waals surface area contributed by atoms with Crippen molar-refractivity contribution in [2.75, 3.05) is 11.1 Å². The van der Waals surface area contributed by atoms with E-state index in [-0.39, 0.29) is 6.10 Å². The van der Waals surface area contributed by atoms with Crippen LogP contribution in [0.2, 0.25) is 5.15 Å². The number of nitrogens with zero attached hydrogens (tertiary/aromatic N) is 1. The zero-order valence-corrected chi connectivity index (χ0v) is 12.3. The molecule has 1 atom stereocenters. The molecule has 0 spiro atoms. The SMILES string of the molecule is CCC(C)Oc1cccc(Nc2cc(N)cc(Cl)n2)c1. The van der Waals surface area contributed by atoms with Crippen molar-refractivity contribution in [3.8, 4) is 5.75 Å². The highest BCUT2D eigenvalue weighted by atomic mass is 35.5. The Morgan fingerprint density at radius 2 is 2.15 bits per heavy atom. The second-order valence-corrected chi connectivity index (χ2v) is 4.99. The van der Waals surface area contributed by atoms with Gasteiger partial charge in [-0.25, -0.2) is 4.98 Å². The summed E-state index contributed by atoms with van der Waals surface area (Å²) in [4.78, 5) is 4.17. The number of pyridine rings is 1. The average molecular weight is 292 g/mol. The van der Waals surface area contributed by atoms with E-state index in [9.17, 15) is 0 Å². The number of hydrogen-bond acceptors (Lipinski definition) is 4. The van der Waals surface area contributed by atoms with Crippen molar-refractivity contribution < 1.29 is 4.74 Å². The molecule has 1 unspecified atom stereocenters. The Kier molecular flexibility index (Phi) is 4.69. The number of halogens is 1. The number of ether oxygens (including phenoxy) is 1. The molecule has 0 radical (unpaired) electrons. The van der Waals surface area contributed by atoms with Crippen molar-refractivity contribution in [1.29, 1.82) is 0 Å². The van der Waals surface area contributed by atoms with Crippen molar-refractivity contribution in [1.82, 2.24) is 4.98 Å².